The van der Waals surface area contributed by atoms with Gasteiger partial charge in [-0.05, 0) is 43.5 Å². The molecule has 0 aliphatic heterocycles. The fourth-order valence-electron chi connectivity index (χ4n) is 3.56. The number of nitro benzene ring substituents is 1. The van der Waals surface area contributed by atoms with Gasteiger partial charge in [-0.25, -0.2) is 9.18 Å². The number of hydrogen-bond donors (Lipinski definition) is 2. The molecule has 2 aromatic rings. The van der Waals surface area contributed by atoms with E-state index in [9.17, 15) is 19.3 Å². The molecule has 1 aliphatic rings. The molecule has 2 amide bonds. The van der Waals surface area contributed by atoms with Crippen molar-refractivity contribution >= 4 is 17.4 Å². The van der Waals surface area contributed by atoms with Crippen LogP contribution in [0.25, 0.3) is 0 Å². The van der Waals surface area contributed by atoms with Crippen molar-refractivity contribution in [2.45, 2.75) is 38.1 Å². The van der Waals surface area contributed by atoms with Gasteiger partial charge >= 0.3 is 6.03 Å². The number of urea groups is 1. The van der Waals surface area contributed by atoms with Crippen LogP contribution in [-0.4, -0.2) is 11.0 Å². The molecule has 2 N–H and O–H groups in total. The molecule has 0 aromatic heterocycles. The Balaban J connectivity index is 1.81. The molecule has 136 valence electrons. The monoisotopic (exact) mass is 357 g/mol. The Morgan fingerprint density at radius 3 is 2.42 bits per heavy atom. The van der Waals surface area contributed by atoms with Crippen molar-refractivity contribution in [1.82, 2.24) is 5.32 Å². The van der Waals surface area contributed by atoms with Crippen LogP contribution in [0.1, 0.15) is 36.8 Å². The fraction of sp³-hybridized carbons (Fsp3) is 0.316. The standard InChI is InChI=1S/C19H20FN3O3/c1-13-16(5-4-6-17(13)23(25)26)21-18(24)22-19(11-2-3-12-19)14-7-9-15(20)10-8-14/h4-10H,2-3,11-12H2,1H3,(H2,21,22,24). The van der Waals surface area contributed by atoms with Gasteiger partial charge in [0, 0.05) is 6.07 Å². The third-order valence-electron chi connectivity index (χ3n) is 4.96. The van der Waals surface area contributed by atoms with Gasteiger partial charge in [-0.15, -0.1) is 0 Å². The van der Waals surface area contributed by atoms with E-state index in [0.29, 0.717) is 11.3 Å². The Bertz CT molecular complexity index is 830. The molecule has 0 bridgehead atoms. The van der Waals surface area contributed by atoms with Gasteiger partial charge in [0.25, 0.3) is 5.69 Å². The average Bonchev–Trinajstić information content (AvgIpc) is 3.06. The van der Waals surface area contributed by atoms with E-state index in [1.807, 2.05) is 0 Å². The summed E-state index contributed by atoms with van der Waals surface area (Å²) in [5, 5.41) is 16.8. The van der Waals surface area contributed by atoms with Gasteiger partial charge in [-0.1, -0.05) is 31.0 Å². The molecule has 0 spiro atoms. The summed E-state index contributed by atoms with van der Waals surface area (Å²) in [5.41, 5.74) is 1.06. The Kier molecular flexibility index (Phi) is 4.88. The molecule has 6 nitrogen and oxygen atoms in total. The Morgan fingerprint density at radius 2 is 1.81 bits per heavy atom. The number of anilines is 1. The molecule has 2 aromatic carbocycles. The zero-order valence-electron chi connectivity index (χ0n) is 14.4. The van der Waals surface area contributed by atoms with Crippen LogP contribution in [0.5, 0.6) is 0 Å². The van der Waals surface area contributed by atoms with Crippen molar-refractivity contribution in [3.63, 3.8) is 0 Å². The number of carbonyl (C=O) groups excluding carboxylic acids is 1. The highest BCUT2D eigenvalue weighted by molar-refractivity contribution is 5.91. The third-order valence-corrected chi connectivity index (χ3v) is 4.96. The summed E-state index contributed by atoms with van der Waals surface area (Å²) in [6, 6.07) is 10.3. The first-order valence-electron chi connectivity index (χ1n) is 8.50. The summed E-state index contributed by atoms with van der Waals surface area (Å²) < 4.78 is 13.2. The molecule has 0 unspecified atom stereocenters. The predicted octanol–water partition coefficient (Wildman–Crippen LogP) is 4.63. The first-order chi connectivity index (χ1) is 12.4. The van der Waals surface area contributed by atoms with Crippen LogP contribution in [0.15, 0.2) is 42.5 Å². The minimum Gasteiger partial charge on any atom is -0.328 e. The van der Waals surface area contributed by atoms with E-state index in [1.165, 1.54) is 24.3 Å². The van der Waals surface area contributed by atoms with Crippen LogP contribution < -0.4 is 10.6 Å². The van der Waals surface area contributed by atoms with Crippen molar-refractivity contribution in [2.24, 2.45) is 0 Å². The van der Waals surface area contributed by atoms with E-state index in [2.05, 4.69) is 10.6 Å². The molecule has 3 rings (SSSR count). The van der Waals surface area contributed by atoms with Crippen molar-refractivity contribution < 1.29 is 14.1 Å². The van der Waals surface area contributed by atoms with E-state index in [4.69, 9.17) is 0 Å². The minimum atomic E-state index is -0.549. The number of benzene rings is 2. The fourth-order valence-corrected chi connectivity index (χ4v) is 3.56. The lowest BCUT2D eigenvalue weighted by molar-refractivity contribution is -0.385. The first kappa shape index (κ1) is 17.8. The highest BCUT2D eigenvalue weighted by Crippen LogP contribution is 2.39. The van der Waals surface area contributed by atoms with Crippen molar-refractivity contribution in [3.05, 3.63) is 69.5 Å². The summed E-state index contributed by atoms with van der Waals surface area (Å²) in [5.74, 6) is -0.321. The van der Waals surface area contributed by atoms with E-state index >= 15 is 0 Å². The zero-order chi connectivity index (χ0) is 18.7. The maximum Gasteiger partial charge on any atom is 0.319 e. The molecular formula is C19H20FN3O3. The van der Waals surface area contributed by atoms with E-state index in [1.54, 1.807) is 25.1 Å². The Morgan fingerprint density at radius 1 is 1.15 bits per heavy atom. The molecule has 0 saturated heterocycles. The maximum absolute atomic E-state index is 13.2. The minimum absolute atomic E-state index is 0.0445. The van der Waals surface area contributed by atoms with E-state index < -0.39 is 16.5 Å². The molecule has 0 radical (unpaired) electrons. The van der Waals surface area contributed by atoms with Gasteiger partial charge in [0.2, 0.25) is 0 Å². The number of nitrogens with zero attached hydrogens (tertiary/aromatic N) is 1. The van der Waals surface area contributed by atoms with Gasteiger partial charge in [0.05, 0.1) is 21.7 Å². The van der Waals surface area contributed by atoms with Crippen molar-refractivity contribution in [2.75, 3.05) is 5.32 Å². The number of amides is 2. The topological polar surface area (TPSA) is 84.3 Å². The quantitative estimate of drug-likeness (QED) is 0.618. The van der Waals surface area contributed by atoms with Gasteiger partial charge < -0.3 is 10.6 Å². The van der Waals surface area contributed by atoms with Crippen LogP contribution in [0.4, 0.5) is 20.6 Å². The predicted molar refractivity (Wildman–Crippen MR) is 96.5 cm³/mol. The molecule has 0 heterocycles. The second-order valence-corrected chi connectivity index (χ2v) is 6.58. The van der Waals surface area contributed by atoms with E-state index in [-0.39, 0.29) is 11.5 Å². The van der Waals surface area contributed by atoms with Crippen molar-refractivity contribution in [3.8, 4) is 0 Å². The summed E-state index contributed by atoms with van der Waals surface area (Å²) >= 11 is 0. The van der Waals surface area contributed by atoms with Gasteiger partial charge in [-0.3, -0.25) is 10.1 Å². The van der Waals surface area contributed by atoms with Crippen LogP contribution in [0, 0.1) is 22.9 Å². The van der Waals surface area contributed by atoms with Crippen molar-refractivity contribution in [1.29, 1.82) is 0 Å². The molecule has 0 atom stereocenters. The molecule has 1 saturated carbocycles. The summed E-state index contributed by atoms with van der Waals surface area (Å²) in [6.07, 6.45) is 3.46. The average molecular weight is 357 g/mol. The molecule has 26 heavy (non-hydrogen) atoms. The summed E-state index contributed by atoms with van der Waals surface area (Å²) in [7, 11) is 0. The first-order valence-corrected chi connectivity index (χ1v) is 8.50. The van der Waals surface area contributed by atoms with Crippen LogP contribution in [-0.2, 0) is 5.54 Å². The highest BCUT2D eigenvalue weighted by Gasteiger charge is 2.37. The third kappa shape index (κ3) is 3.51. The SMILES string of the molecule is Cc1c(NC(=O)NC2(c3ccc(F)cc3)CCCC2)cccc1[N+](=O)[O-]. The lowest BCUT2D eigenvalue weighted by Crippen LogP contribution is -2.45. The van der Waals surface area contributed by atoms with Gasteiger partial charge in [-0.2, -0.15) is 0 Å². The van der Waals surface area contributed by atoms with Gasteiger partial charge in [0.15, 0.2) is 0 Å². The van der Waals surface area contributed by atoms with Crippen LogP contribution in [0.3, 0.4) is 0 Å². The van der Waals surface area contributed by atoms with Crippen LogP contribution in [0.2, 0.25) is 0 Å². The molecule has 1 aliphatic carbocycles. The molecule has 7 heteroatoms. The lowest BCUT2D eigenvalue weighted by atomic mass is 9.88. The summed E-state index contributed by atoms with van der Waals surface area (Å²) in [6.45, 7) is 1.60. The number of nitrogens with one attached hydrogen (secondary N) is 2. The van der Waals surface area contributed by atoms with Crippen LogP contribution >= 0.6 is 0 Å². The second-order valence-electron chi connectivity index (χ2n) is 6.58. The second kappa shape index (κ2) is 7.11. The summed E-state index contributed by atoms with van der Waals surface area (Å²) in [4.78, 5) is 23.2. The normalized spacial score (nSPS) is 15.5. The Hall–Kier alpha value is -2.96. The largest absolute Gasteiger partial charge is 0.328 e. The number of nitro groups is 1. The highest BCUT2D eigenvalue weighted by atomic mass is 19.1. The number of rotatable bonds is 4. The maximum atomic E-state index is 13.2. The number of hydrogen-bond acceptors (Lipinski definition) is 3. The lowest BCUT2D eigenvalue weighted by Gasteiger charge is -2.31. The zero-order valence-corrected chi connectivity index (χ0v) is 14.4. The van der Waals surface area contributed by atoms with E-state index in [0.717, 1.165) is 31.2 Å². The van der Waals surface area contributed by atoms with Gasteiger partial charge in [0.1, 0.15) is 5.82 Å². The molecule has 1 fully saturated rings. The smallest absolute Gasteiger partial charge is 0.319 e. The number of carbonyl (C=O) groups is 1. The molecular weight excluding hydrogens is 337 g/mol. The number of halogens is 1. The Labute approximate surface area is 150 Å².